The number of aromatic amines is 1. The average molecular weight is 377 g/mol. The molecule has 7 N–H and O–H groups in total. The van der Waals surface area contributed by atoms with Gasteiger partial charge in [0.2, 0.25) is 5.91 Å². The van der Waals surface area contributed by atoms with Gasteiger partial charge in [-0.15, -0.1) is 11.8 Å². The number of primary amides is 2. The minimum absolute atomic E-state index is 0.0301. The fraction of sp³-hybridized carbons (Fsp3) is 0.188. The molecule has 1 aromatic carbocycles. The number of ether oxygens (including phenoxy) is 1. The van der Waals surface area contributed by atoms with Gasteiger partial charge in [0.05, 0.1) is 35.5 Å². The molecule has 1 aromatic heterocycles. The molecule has 0 aliphatic rings. The van der Waals surface area contributed by atoms with E-state index in [9.17, 15) is 14.4 Å². The van der Waals surface area contributed by atoms with Gasteiger partial charge >= 0.3 is 0 Å². The van der Waals surface area contributed by atoms with Gasteiger partial charge in [-0.05, 0) is 18.4 Å². The number of hydrogen-bond donors (Lipinski definition) is 5. The van der Waals surface area contributed by atoms with Crippen molar-refractivity contribution in [2.45, 2.75) is 5.03 Å². The fourth-order valence-corrected chi connectivity index (χ4v) is 2.97. The number of anilines is 2. The second-order valence-corrected chi connectivity index (χ2v) is 5.93. The molecule has 0 aliphatic heterocycles. The van der Waals surface area contributed by atoms with Gasteiger partial charge in [-0.3, -0.25) is 14.4 Å². The summed E-state index contributed by atoms with van der Waals surface area (Å²) in [5, 5.41) is 5.80. The summed E-state index contributed by atoms with van der Waals surface area (Å²) in [7, 11) is 1.52. The molecule has 0 atom stereocenters. The highest BCUT2D eigenvalue weighted by molar-refractivity contribution is 7.98. The Kier molecular flexibility index (Phi) is 6.12. The van der Waals surface area contributed by atoms with E-state index >= 15 is 0 Å². The lowest BCUT2D eigenvalue weighted by Gasteiger charge is -2.11. The Morgan fingerprint density at radius 2 is 1.81 bits per heavy atom. The van der Waals surface area contributed by atoms with Crippen molar-refractivity contribution in [2.24, 2.45) is 11.5 Å². The van der Waals surface area contributed by atoms with Crippen molar-refractivity contribution in [3.63, 3.8) is 0 Å². The number of methoxy groups -OCH3 is 1. The summed E-state index contributed by atoms with van der Waals surface area (Å²) in [6, 6.07) is 7.10. The molecule has 0 saturated heterocycles. The van der Waals surface area contributed by atoms with E-state index < -0.39 is 17.7 Å². The lowest BCUT2D eigenvalue weighted by molar-refractivity contribution is -0.114. The number of nitrogens with one attached hydrogen (secondary N) is 3. The number of carbonyl (C=O) groups is 3. The molecule has 0 unspecified atom stereocenters. The number of hydrogen-bond acceptors (Lipinski definition) is 6. The Morgan fingerprint density at radius 1 is 1.15 bits per heavy atom. The van der Waals surface area contributed by atoms with Crippen LogP contribution in [-0.4, -0.2) is 42.6 Å². The highest BCUT2D eigenvalue weighted by atomic mass is 32.2. The van der Waals surface area contributed by atoms with Gasteiger partial charge in [-0.2, -0.15) is 0 Å². The molecule has 9 nitrogen and oxygen atoms in total. The summed E-state index contributed by atoms with van der Waals surface area (Å²) >= 11 is 1.17. The number of rotatable bonds is 8. The van der Waals surface area contributed by atoms with Crippen LogP contribution in [0.4, 0.5) is 11.5 Å². The molecular weight excluding hydrogens is 358 g/mol. The maximum Gasteiger partial charge on any atom is 0.253 e. The molecule has 0 spiro atoms. The summed E-state index contributed by atoms with van der Waals surface area (Å²) in [5.74, 6) is -1.53. The molecule has 0 radical (unpaired) electrons. The smallest absolute Gasteiger partial charge is 0.253 e. The maximum atomic E-state index is 12.2. The molecule has 3 amide bonds. The molecule has 1 heterocycles. The Balaban J connectivity index is 2.18. The zero-order chi connectivity index (χ0) is 19.3. The van der Waals surface area contributed by atoms with Crippen LogP contribution in [-0.2, 0) is 4.79 Å². The minimum atomic E-state index is -0.872. The van der Waals surface area contributed by atoms with E-state index in [0.717, 1.165) is 0 Å². The van der Waals surface area contributed by atoms with Crippen LogP contribution < -0.4 is 26.8 Å². The molecule has 0 bridgehead atoms. The van der Waals surface area contributed by atoms with Crippen LogP contribution in [0.2, 0.25) is 0 Å². The fourth-order valence-electron chi connectivity index (χ4n) is 2.36. The van der Waals surface area contributed by atoms with E-state index in [2.05, 4.69) is 15.6 Å². The van der Waals surface area contributed by atoms with E-state index in [0.29, 0.717) is 16.5 Å². The van der Waals surface area contributed by atoms with E-state index in [1.54, 1.807) is 30.5 Å². The first-order chi connectivity index (χ1) is 12.4. The average Bonchev–Trinajstić information content (AvgIpc) is 2.98. The number of carbonyl (C=O) groups excluding carboxylic acids is 3. The molecule has 2 aromatic rings. The largest absolute Gasteiger partial charge is 0.495 e. The van der Waals surface area contributed by atoms with Gasteiger partial charge in [0.15, 0.2) is 0 Å². The molecule has 10 heteroatoms. The standard InChI is InChI=1S/C16H19N5O4S/c1-25-9-6-4-3-5-8(9)19-7-10(22)20-15-11(13(17)23)12(14(18)24)16(21-15)26-2/h3-6,19,21H,7H2,1-2H3,(H2,17,23)(H2,18,24)(H,20,22). The number of thioether (sulfide) groups is 1. The quantitative estimate of drug-likeness (QED) is 0.433. The molecular formula is C16H19N5O4S. The first kappa shape index (κ1) is 19.2. The van der Waals surface area contributed by atoms with Gasteiger partial charge in [-0.1, -0.05) is 12.1 Å². The van der Waals surface area contributed by atoms with E-state index in [1.807, 2.05) is 0 Å². The second-order valence-electron chi connectivity index (χ2n) is 5.11. The molecule has 26 heavy (non-hydrogen) atoms. The predicted octanol–water partition coefficient (Wildman–Crippen LogP) is 0.994. The normalized spacial score (nSPS) is 10.2. The molecule has 0 aliphatic carbocycles. The number of nitrogens with two attached hydrogens (primary N) is 2. The van der Waals surface area contributed by atoms with Crippen LogP contribution in [0.15, 0.2) is 29.3 Å². The zero-order valence-electron chi connectivity index (χ0n) is 14.2. The third-order valence-electron chi connectivity index (χ3n) is 3.47. The molecule has 2 rings (SSSR count). The van der Waals surface area contributed by atoms with Crippen molar-refractivity contribution in [2.75, 3.05) is 30.5 Å². The Labute approximate surface area is 153 Å². The van der Waals surface area contributed by atoms with Crippen molar-refractivity contribution in [3.05, 3.63) is 35.4 Å². The van der Waals surface area contributed by atoms with Gasteiger partial charge in [0.25, 0.3) is 11.8 Å². The van der Waals surface area contributed by atoms with Crippen LogP contribution in [0.3, 0.4) is 0 Å². The Hall–Kier alpha value is -3.14. The summed E-state index contributed by atoms with van der Waals surface area (Å²) < 4.78 is 5.19. The van der Waals surface area contributed by atoms with Crippen molar-refractivity contribution >= 4 is 41.0 Å². The van der Waals surface area contributed by atoms with Gasteiger partial charge < -0.3 is 31.8 Å². The molecule has 138 valence electrons. The molecule has 0 fully saturated rings. The topological polar surface area (TPSA) is 152 Å². The van der Waals surface area contributed by atoms with Crippen LogP contribution >= 0.6 is 11.8 Å². The lowest BCUT2D eigenvalue weighted by Crippen LogP contribution is -2.25. The predicted molar refractivity (Wildman–Crippen MR) is 99.7 cm³/mol. The number of aromatic nitrogens is 1. The number of para-hydroxylation sites is 2. The first-order valence-electron chi connectivity index (χ1n) is 7.45. The highest BCUT2D eigenvalue weighted by Crippen LogP contribution is 2.29. The summed E-state index contributed by atoms with van der Waals surface area (Å²) in [5.41, 5.74) is 11.1. The van der Waals surface area contributed by atoms with Crippen LogP contribution in [0.1, 0.15) is 20.7 Å². The van der Waals surface area contributed by atoms with Crippen molar-refractivity contribution in [1.29, 1.82) is 0 Å². The van der Waals surface area contributed by atoms with E-state index in [4.69, 9.17) is 16.2 Å². The maximum absolute atomic E-state index is 12.2. The zero-order valence-corrected chi connectivity index (χ0v) is 15.0. The summed E-state index contributed by atoms with van der Waals surface area (Å²) in [6.45, 7) is -0.0991. The van der Waals surface area contributed by atoms with Crippen molar-refractivity contribution < 1.29 is 19.1 Å². The third kappa shape index (κ3) is 4.09. The molecule has 0 saturated carbocycles. The second kappa shape index (κ2) is 8.30. The SMILES string of the molecule is COc1ccccc1NCC(=O)Nc1[nH]c(SC)c(C(N)=O)c1C(N)=O. The summed E-state index contributed by atoms with van der Waals surface area (Å²) in [6.07, 6.45) is 1.69. The van der Waals surface area contributed by atoms with Crippen molar-refractivity contribution in [3.8, 4) is 5.75 Å². The Bertz CT molecular complexity index is 849. The number of amides is 3. The van der Waals surface area contributed by atoms with Crippen molar-refractivity contribution in [1.82, 2.24) is 4.98 Å². The Morgan fingerprint density at radius 3 is 2.38 bits per heavy atom. The van der Waals surface area contributed by atoms with Crippen LogP contribution in [0.25, 0.3) is 0 Å². The number of benzene rings is 1. The van der Waals surface area contributed by atoms with E-state index in [-0.39, 0.29) is 23.5 Å². The highest BCUT2D eigenvalue weighted by Gasteiger charge is 2.25. The third-order valence-corrected chi connectivity index (χ3v) is 4.19. The first-order valence-corrected chi connectivity index (χ1v) is 8.67. The lowest BCUT2D eigenvalue weighted by atomic mass is 10.1. The van der Waals surface area contributed by atoms with Crippen LogP contribution in [0.5, 0.6) is 5.75 Å². The van der Waals surface area contributed by atoms with E-state index in [1.165, 1.54) is 18.9 Å². The van der Waals surface area contributed by atoms with Gasteiger partial charge in [-0.25, -0.2) is 0 Å². The van der Waals surface area contributed by atoms with Gasteiger partial charge in [0.1, 0.15) is 11.6 Å². The monoisotopic (exact) mass is 377 g/mol. The minimum Gasteiger partial charge on any atom is -0.495 e. The summed E-state index contributed by atoms with van der Waals surface area (Å²) in [4.78, 5) is 38.4. The van der Waals surface area contributed by atoms with Gasteiger partial charge in [0, 0.05) is 0 Å². The van der Waals surface area contributed by atoms with Crippen LogP contribution in [0, 0.1) is 0 Å². The number of H-pyrrole nitrogens is 1.